The fraction of sp³-hybridized carbons (Fsp3) is 0.367. The molecule has 2 aromatic carbocycles. The lowest BCUT2D eigenvalue weighted by molar-refractivity contribution is 0.0887. The molecule has 1 aliphatic carbocycles. The molecular formula is C30H32FN3O5S. The van der Waals surface area contributed by atoms with Gasteiger partial charge in [-0.25, -0.2) is 9.37 Å². The zero-order valence-corrected chi connectivity index (χ0v) is 23.1. The van der Waals surface area contributed by atoms with E-state index in [1.54, 1.807) is 23.9 Å². The van der Waals surface area contributed by atoms with E-state index in [0.29, 0.717) is 42.7 Å². The van der Waals surface area contributed by atoms with Crippen LogP contribution in [-0.2, 0) is 6.42 Å². The monoisotopic (exact) mass is 565 g/mol. The molecule has 1 aliphatic heterocycles. The molecule has 0 radical (unpaired) electrons. The van der Waals surface area contributed by atoms with Gasteiger partial charge in [0.2, 0.25) is 5.88 Å². The number of pyridine rings is 1. The van der Waals surface area contributed by atoms with Crippen molar-refractivity contribution in [2.24, 2.45) is 0 Å². The number of hydrogen-bond acceptors (Lipinski definition) is 7. The molecule has 1 fully saturated rings. The summed E-state index contributed by atoms with van der Waals surface area (Å²) in [5.41, 5.74) is 2.66. The SMILES string of the molecule is Cc1ccc(OCCO)c(C(=O)NC2CCC(NC(=O)c3cc(F)cnc3Oc3ccc4c(c3)SCC4)CC2)c1. The van der Waals surface area contributed by atoms with Gasteiger partial charge in [-0.15, -0.1) is 11.8 Å². The van der Waals surface area contributed by atoms with Gasteiger partial charge >= 0.3 is 0 Å². The highest BCUT2D eigenvalue weighted by Crippen LogP contribution is 2.35. The van der Waals surface area contributed by atoms with Crippen molar-refractivity contribution in [3.63, 3.8) is 0 Å². The second-order valence-electron chi connectivity index (χ2n) is 10.0. The summed E-state index contributed by atoms with van der Waals surface area (Å²) in [5, 5.41) is 15.1. The molecule has 0 bridgehead atoms. The number of carbonyl (C=O) groups is 2. The van der Waals surface area contributed by atoms with Gasteiger partial charge in [-0.1, -0.05) is 17.7 Å². The lowest BCUT2D eigenvalue weighted by atomic mass is 9.90. The largest absolute Gasteiger partial charge is 0.490 e. The number of fused-ring (bicyclic) bond motifs is 1. The fourth-order valence-corrected chi connectivity index (χ4v) is 6.10. The van der Waals surface area contributed by atoms with Crippen LogP contribution < -0.4 is 20.1 Å². The van der Waals surface area contributed by atoms with Crippen LogP contribution in [0.25, 0.3) is 0 Å². The van der Waals surface area contributed by atoms with Crippen LogP contribution in [0.3, 0.4) is 0 Å². The standard InChI is InChI=1S/C30H32FN3O5S/c1-18-2-9-26(38-12-11-35)24(14-18)28(36)33-21-4-6-22(7-5-21)34-29(37)25-15-20(31)17-32-30(25)39-23-8-3-19-10-13-40-27(19)16-23/h2-3,8-9,14-17,21-22,35H,4-7,10-13H2,1H3,(H,33,36)(H,34,37). The van der Waals surface area contributed by atoms with Crippen molar-refractivity contribution >= 4 is 23.6 Å². The van der Waals surface area contributed by atoms with Gasteiger partial charge in [0.15, 0.2) is 0 Å². The second-order valence-corrected chi connectivity index (χ2v) is 11.2. The Labute approximate surface area is 236 Å². The Morgan fingerprint density at radius 2 is 1.75 bits per heavy atom. The van der Waals surface area contributed by atoms with E-state index in [2.05, 4.69) is 15.6 Å². The highest BCUT2D eigenvalue weighted by Gasteiger charge is 2.27. The molecule has 0 unspecified atom stereocenters. The average molecular weight is 566 g/mol. The first-order valence-electron chi connectivity index (χ1n) is 13.4. The van der Waals surface area contributed by atoms with Gasteiger partial charge in [0.1, 0.15) is 29.5 Å². The summed E-state index contributed by atoms with van der Waals surface area (Å²) in [6.45, 7) is 1.86. The smallest absolute Gasteiger partial charge is 0.257 e. The summed E-state index contributed by atoms with van der Waals surface area (Å²) in [7, 11) is 0. The molecule has 1 saturated carbocycles. The highest BCUT2D eigenvalue weighted by molar-refractivity contribution is 7.99. The van der Waals surface area contributed by atoms with Gasteiger partial charge in [0.25, 0.3) is 11.8 Å². The van der Waals surface area contributed by atoms with Crippen LogP contribution in [-0.4, -0.2) is 53.0 Å². The van der Waals surface area contributed by atoms with Crippen molar-refractivity contribution in [2.45, 2.75) is 56.0 Å². The molecule has 0 spiro atoms. The van der Waals surface area contributed by atoms with E-state index in [9.17, 15) is 14.0 Å². The highest BCUT2D eigenvalue weighted by atomic mass is 32.2. The number of halogens is 1. The van der Waals surface area contributed by atoms with Gasteiger partial charge in [-0.05, 0) is 74.9 Å². The van der Waals surface area contributed by atoms with Crippen LogP contribution in [0.2, 0.25) is 0 Å². The van der Waals surface area contributed by atoms with Gasteiger partial charge in [0, 0.05) is 22.7 Å². The molecule has 1 aromatic heterocycles. The van der Waals surface area contributed by atoms with Crippen molar-refractivity contribution in [3.8, 4) is 17.4 Å². The number of rotatable bonds is 9. The maximum atomic E-state index is 14.1. The number of carbonyl (C=O) groups excluding carboxylic acids is 2. The summed E-state index contributed by atoms with van der Waals surface area (Å²) in [5.74, 6) is 0.762. The molecule has 2 aliphatic rings. The van der Waals surface area contributed by atoms with Gasteiger partial charge in [-0.2, -0.15) is 0 Å². The van der Waals surface area contributed by atoms with E-state index in [1.165, 1.54) is 5.56 Å². The Morgan fingerprint density at radius 1 is 1.02 bits per heavy atom. The summed E-state index contributed by atoms with van der Waals surface area (Å²) in [4.78, 5) is 31.3. The summed E-state index contributed by atoms with van der Waals surface area (Å²) in [6, 6.07) is 12.1. The molecule has 0 atom stereocenters. The van der Waals surface area contributed by atoms with Crippen LogP contribution in [0.5, 0.6) is 17.4 Å². The minimum atomic E-state index is -0.619. The van der Waals surface area contributed by atoms with Crippen LogP contribution in [0.4, 0.5) is 4.39 Å². The van der Waals surface area contributed by atoms with E-state index in [0.717, 1.165) is 34.9 Å². The Kier molecular flexibility index (Phi) is 8.86. The van der Waals surface area contributed by atoms with E-state index in [-0.39, 0.29) is 42.6 Å². The fourth-order valence-electron chi connectivity index (χ4n) is 5.00. The first-order chi connectivity index (χ1) is 19.4. The number of benzene rings is 2. The Morgan fingerprint density at radius 3 is 2.48 bits per heavy atom. The first-order valence-corrected chi connectivity index (χ1v) is 14.4. The number of aromatic nitrogens is 1. The molecular weight excluding hydrogens is 533 g/mol. The van der Waals surface area contributed by atoms with Crippen molar-refractivity contribution in [3.05, 3.63) is 76.7 Å². The minimum absolute atomic E-state index is 0.0402. The summed E-state index contributed by atoms with van der Waals surface area (Å²) >= 11 is 1.75. The van der Waals surface area contributed by atoms with Gasteiger partial charge in [0.05, 0.1) is 18.4 Å². The maximum absolute atomic E-state index is 14.1. The maximum Gasteiger partial charge on any atom is 0.257 e. The second kappa shape index (κ2) is 12.7. The molecule has 5 rings (SSSR count). The summed E-state index contributed by atoms with van der Waals surface area (Å²) < 4.78 is 25.5. The predicted octanol–water partition coefficient (Wildman–Crippen LogP) is 4.81. The number of nitrogens with zero attached hydrogens (tertiary/aromatic N) is 1. The van der Waals surface area contributed by atoms with Crippen LogP contribution in [0.1, 0.15) is 57.5 Å². The number of ether oxygens (including phenoxy) is 2. The number of aryl methyl sites for hydroxylation is 2. The predicted molar refractivity (Wildman–Crippen MR) is 150 cm³/mol. The van der Waals surface area contributed by atoms with Gasteiger partial charge in [-0.3, -0.25) is 9.59 Å². The molecule has 2 amide bonds. The van der Waals surface area contributed by atoms with Crippen LogP contribution in [0, 0.1) is 12.7 Å². The minimum Gasteiger partial charge on any atom is -0.490 e. The molecule has 8 nitrogen and oxygen atoms in total. The van der Waals surface area contributed by atoms with Crippen molar-refractivity contribution in [2.75, 3.05) is 19.0 Å². The number of amides is 2. The average Bonchev–Trinajstić information content (AvgIpc) is 3.42. The van der Waals surface area contributed by atoms with Gasteiger partial charge < -0.3 is 25.2 Å². The van der Waals surface area contributed by atoms with E-state index in [4.69, 9.17) is 14.6 Å². The van der Waals surface area contributed by atoms with Crippen molar-refractivity contribution in [1.82, 2.24) is 15.6 Å². The zero-order valence-electron chi connectivity index (χ0n) is 22.2. The molecule has 40 heavy (non-hydrogen) atoms. The first kappa shape index (κ1) is 27.9. The lowest BCUT2D eigenvalue weighted by Gasteiger charge is -2.30. The number of nitrogens with one attached hydrogen (secondary N) is 2. The topological polar surface area (TPSA) is 110 Å². The third-order valence-electron chi connectivity index (χ3n) is 7.07. The molecule has 2 heterocycles. The quantitative estimate of drug-likeness (QED) is 0.342. The zero-order chi connectivity index (χ0) is 28.1. The third-order valence-corrected chi connectivity index (χ3v) is 8.17. The molecule has 3 N–H and O–H groups in total. The third kappa shape index (κ3) is 6.74. The van der Waals surface area contributed by atoms with E-state index >= 15 is 0 Å². The molecule has 3 aromatic rings. The normalized spacial score (nSPS) is 18.1. The van der Waals surface area contributed by atoms with E-state index < -0.39 is 11.7 Å². The number of aliphatic hydroxyl groups excluding tert-OH is 1. The summed E-state index contributed by atoms with van der Waals surface area (Å²) in [6.07, 6.45) is 4.70. The molecule has 10 heteroatoms. The van der Waals surface area contributed by atoms with Crippen LogP contribution >= 0.6 is 11.8 Å². The number of thioether (sulfide) groups is 1. The Bertz CT molecular complexity index is 1390. The molecule has 210 valence electrons. The lowest BCUT2D eigenvalue weighted by Crippen LogP contribution is -2.44. The van der Waals surface area contributed by atoms with Crippen molar-refractivity contribution < 1.29 is 28.6 Å². The van der Waals surface area contributed by atoms with E-state index in [1.807, 2.05) is 31.2 Å². The Balaban J connectivity index is 1.18. The number of hydrogen-bond donors (Lipinski definition) is 3. The van der Waals surface area contributed by atoms with Crippen molar-refractivity contribution in [1.29, 1.82) is 0 Å². The molecule has 0 saturated heterocycles. The Hall–Kier alpha value is -3.63. The number of aliphatic hydroxyl groups is 1. The van der Waals surface area contributed by atoms with Crippen LogP contribution in [0.15, 0.2) is 53.6 Å².